The summed E-state index contributed by atoms with van der Waals surface area (Å²) in [5.41, 5.74) is 1.43. The Hall–Kier alpha value is -1.46. The molecule has 2 atom stereocenters. The zero-order valence-corrected chi connectivity index (χ0v) is 13.2. The van der Waals surface area contributed by atoms with Crippen LogP contribution >= 0.6 is 11.3 Å². The molecule has 2 aromatic rings. The van der Waals surface area contributed by atoms with Gasteiger partial charge in [0.25, 0.3) is 0 Å². The van der Waals surface area contributed by atoms with Gasteiger partial charge >= 0.3 is 0 Å². The van der Waals surface area contributed by atoms with Crippen molar-refractivity contribution in [3.05, 3.63) is 40.7 Å². The van der Waals surface area contributed by atoms with E-state index in [0.717, 1.165) is 25.3 Å². The van der Waals surface area contributed by atoms with Gasteiger partial charge in [-0.25, -0.2) is 0 Å². The van der Waals surface area contributed by atoms with E-state index in [1.165, 1.54) is 18.4 Å². The Labute approximate surface area is 130 Å². The predicted octanol–water partition coefficient (Wildman–Crippen LogP) is 2.73. The van der Waals surface area contributed by atoms with Crippen molar-refractivity contribution >= 4 is 17.2 Å². The lowest BCUT2D eigenvalue weighted by molar-refractivity contribution is 0.381. The second-order valence-electron chi connectivity index (χ2n) is 5.77. The van der Waals surface area contributed by atoms with Crippen LogP contribution in [0.1, 0.15) is 25.3 Å². The summed E-state index contributed by atoms with van der Waals surface area (Å²) >= 11 is 1.77. The molecule has 3 heterocycles. The quantitative estimate of drug-likeness (QED) is 0.922. The first-order chi connectivity index (χ1) is 10.3. The topological polar surface area (TPSA) is 41.0 Å². The lowest BCUT2D eigenvalue weighted by atomic mass is 10.0. The highest BCUT2D eigenvalue weighted by Gasteiger charge is 2.22. The molecule has 0 radical (unpaired) electrons. The number of piperidine rings is 1. The van der Waals surface area contributed by atoms with E-state index < -0.39 is 0 Å². The number of rotatable bonds is 5. The Morgan fingerprint density at radius 3 is 3.19 bits per heavy atom. The molecule has 4 nitrogen and oxygen atoms in total. The van der Waals surface area contributed by atoms with Gasteiger partial charge in [0.15, 0.2) is 5.82 Å². The summed E-state index contributed by atoms with van der Waals surface area (Å²) in [6, 6.07) is 7.26. The number of nitrogens with zero attached hydrogens (tertiary/aromatic N) is 3. The monoisotopic (exact) mass is 302 g/mol. The molecule has 0 amide bonds. The number of nitrogens with one attached hydrogen (secondary N) is 1. The highest BCUT2D eigenvalue weighted by molar-refractivity contribution is 7.07. The Morgan fingerprint density at radius 1 is 1.48 bits per heavy atom. The minimum absolute atomic E-state index is 0.506. The maximum Gasteiger partial charge on any atom is 0.151 e. The van der Waals surface area contributed by atoms with Gasteiger partial charge in [-0.2, -0.15) is 16.4 Å². The molecule has 0 bridgehead atoms. The number of aromatic nitrogens is 2. The van der Waals surface area contributed by atoms with Gasteiger partial charge in [0.2, 0.25) is 0 Å². The van der Waals surface area contributed by atoms with E-state index in [4.69, 9.17) is 0 Å². The highest BCUT2D eigenvalue weighted by atomic mass is 32.1. The highest BCUT2D eigenvalue weighted by Crippen LogP contribution is 2.17. The molecule has 1 aliphatic heterocycles. The smallest absolute Gasteiger partial charge is 0.151 e. The third kappa shape index (κ3) is 4.02. The second-order valence-corrected chi connectivity index (χ2v) is 6.55. The Kier molecular flexibility index (Phi) is 4.83. The zero-order chi connectivity index (χ0) is 14.5. The average Bonchev–Trinajstić information content (AvgIpc) is 3.01. The van der Waals surface area contributed by atoms with Crippen LogP contribution < -0.4 is 10.2 Å². The van der Waals surface area contributed by atoms with Gasteiger partial charge in [0.1, 0.15) is 0 Å². The molecule has 1 saturated heterocycles. The maximum atomic E-state index is 4.23. The normalized spacial score (nSPS) is 20.4. The number of hydrogen-bond donors (Lipinski definition) is 1. The Bertz CT molecular complexity index is 528. The van der Waals surface area contributed by atoms with Crippen LogP contribution in [0.4, 0.5) is 5.82 Å². The largest absolute Gasteiger partial charge is 0.354 e. The predicted molar refractivity (Wildman–Crippen MR) is 87.9 cm³/mol. The molecule has 0 aromatic carbocycles. The summed E-state index contributed by atoms with van der Waals surface area (Å²) in [7, 11) is 0. The van der Waals surface area contributed by atoms with Crippen molar-refractivity contribution in [2.75, 3.05) is 18.0 Å². The Balaban J connectivity index is 1.54. The SMILES string of the molecule is CC(Cc1ccsc1)NC1CCCN(c2cccnn2)C1. The summed E-state index contributed by atoms with van der Waals surface area (Å²) < 4.78 is 0. The fourth-order valence-electron chi connectivity index (χ4n) is 3.01. The van der Waals surface area contributed by atoms with Crippen LogP contribution in [-0.4, -0.2) is 35.4 Å². The molecule has 5 heteroatoms. The molecule has 3 rings (SSSR count). The van der Waals surface area contributed by atoms with Crippen molar-refractivity contribution < 1.29 is 0 Å². The summed E-state index contributed by atoms with van der Waals surface area (Å²) in [6.45, 7) is 4.38. The first-order valence-corrected chi connectivity index (χ1v) is 8.55. The second kappa shape index (κ2) is 7.00. The molecule has 112 valence electrons. The summed E-state index contributed by atoms with van der Waals surface area (Å²) in [4.78, 5) is 2.34. The van der Waals surface area contributed by atoms with Crippen molar-refractivity contribution in [2.45, 2.75) is 38.3 Å². The first-order valence-electron chi connectivity index (χ1n) is 7.61. The van der Waals surface area contributed by atoms with Crippen molar-refractivity contribution in [3.63, 3.8) is 0 Å². The molecular weight excluding hydrogens is 280 g/mol. The van der Waals surface area contributed by atoms with E-state index in [-0.39, 0.29) is 0 Å². The van der Waals surface area contributed by atoms with Crippen molar-refractivity contribution in [1.29, 1.82) is 0 Å². The molecule has 21 heavy (non-hydrogen) atoms. The van der Waals surface area contributed by atoms with Crippen molar-refractivity contribution in [2.24, 2.45) is 0 Å². The van der Waals surface area contributed by atoms with Crippen LogP contribution in [-0.2, 0) is 6.42 Å². The average molecular weight is 302 g/mol. The first kappa shape index (κ1) is 14.5. The molecule has 0 spiro atoms. The van der Waals surface area contributed by atoms with Crippen LogP contribution in [0.5, 0.6) is 0 Å². The van der Waals surface area contributed by atoms with Crippen LogP contribution in [0.2, 0.25) is 0 Å². The van der Waals surface area contributed by atoms with Crippen LogP contribution in [0, 0.1) is 0 Å². The molecule has 1 N–H and O–H groups in total. The summed E-state index contributed by atoms with van der Waals surface area (Å²) in [5, 5.41) is 16.4. The maximum absolute atomic E-state index is 4.23. The number of anilines is 1. The minimum atomic E-state index is 0.506. The fourth-order valence-corrected chi connectivity index (χ4v) is 3.69. The van der Waals surface area contributed by atoms with E-state index in [1.54, 1.807) is 17.5 Å². The number of hydrogen-bond acceptors (Lipinski definition) is 5. The molecule has 0 saturated carbocycles. The van der Waals surface area contributed by atoms with Gasteiger partial charge in [-0.3, -0.25) is 0 Å². The molecule has 1 aliphatic rings. The molecule has 1 fully saturated rings. The molecule has 2 aromatic heterocycles. The third-order valence-corrected chi connectivity index (χ3v) is 4.68. The van der Waals surface area contributed by atoms with Crippen LogP contribution in [0.25, 0.3) is 0 Å². The summed E-state index contributed by atoms with van der Waals surface area (Å²) in [6.07, 6.45) is 5.28. The standard InChI is InChI=1S/C16H22N4S/c1-13(10-14-6-9-21-12-14)18-15-4-3-8-20(11-15)16-5-2-7-17-19-16/h2,5-7,9,12-13,15,18H,3-4,8,10-11H2,1H3. The molecular formula is C16H22N4S. The Morgan fingerprint density at radius 2 is 2.43 bits per heavy atom. The van der Waals surface area contributed by atoms with Gasteiger partial charge in [0, 0.05) is 31.4 Å². The van der Waals surface area contributed by atoms with E-state index in [2.05, 4.69) is 44.2 Å². The van der Waals surface area contributed by atoms with Crippen molar-refractivity contribution in [1.82, 2.24) is 15.5 Å². The van der Waals surface area contributed by atoms with E-state index >= 15 is 0 Å². The van der Waals surface area contributed by atoms with Gasteiger partial charge in [-0.1, -0.05) is 0 Å². The lowest BCUT2D eigenvalue weighted by Crippen LogP contribution is -2.49. The third-order valence-electron chi connectivity index (χ3n) is 3.95. The van der Waals surface area contributed by atoms with Gasteiger partial charge in [-0.05, 0) is 60.7 Å². The fraction of sp³-hybridized carbons (Fsp3) is 0.500. The van der Waals surface area contributed by atoms with Gasteiger partial charge < -0.3 is 10.2 Å². The summed E-state index contributed by atoms with van der Waals surface area (Å²) in [5.74, 6) is 0.995. The van der Waals surface area contributed by atoms with Gasteiger partial charge in [0.05, 0.1) is 0 Å². The van der Waals surface area contributed by atoms with E-state index in [1.807, 2.05) is 12.1 Å². The van der Waals surface area contributed by atoms with Crippen LogP contribution in [0.3, 0.4) is 0 Å². The van der Waals surface area contributed by atoms with Gasteiger partial charge in [-0.15, -0.1) is 5.10 Å². The lowest BCUT2D eigenvalue weighted by Gasteiger charge is -2.35. The minimum Gasteiger partial charge on any atom is -0.354 e. The van der Waals surface area contributed by atoms with Crippen LogP contribution in [0.15, 0.2) is 35.2 Å². The van der Waals surface area contributed by atoms with E-state index in [0.29, 0.717) is 12.1 Å². The van der Waals surface area contributed by atoms with E-state index in [9.17, 15) is 0 Å². The number of thiophene rings is 1. The molecule has 0 aliphatic carbocycles. The zero-order valence-electron chi connectivity index (χ0n) is 12.4. The van der Waals surface area contributed by atoms with Crippen molar-refractivity contribution in [3.8, 4) is 0 Å². The molecule has 2 unspecified atom stereocenters.